The molecule has 3 amide bonds. The van der Waals surface area contributed by atoms with Gasteiger partial charge in [-0.05, 0) is 48.5 Å². The first-order valence-electron chi connectivity index (χ1n) is 10.3. The fraction of sp³-hybridized carbons (Fsp3) is 0.125. The highest BCUT2D eigenvalue weighted by atomic mass is 79.9. The molecule has 2 aliphatic rings. The van der Waals surface area contributed by atoms with Gasteiger partial charge in [-0.2, -0.15) is 0 Å². The molecule has 0 radical (unpaired) electrons. The van der Waals surface area contributed by atoms with E-state index in [9.17, 15) is 24.5 Å². The van der Waals surface area contributed by atoms with Gasteiger partial charge in [0.25, 0.3) is 23.4 Å². The van der Waals surface area contributed by atoms with Gasteiger partial charge in [0.1, 0.15) is 17.4 Å². The van der Waals surface area contributed by atoms with Crippen LogP contribution in [0.5, 0.6) is 5.75 Å². The number of halogens is 2. The molecular weight excluding hydrogens is 542 g/mol. The number of nitro groups is 1. The minimum Gasteiger partial charge on any atom is -0.496 e. The van der Waals surface area contributed by atoms with Crippen LogP contribution in [-0.2, 0) is 4.79 Å². The van der Waals surface area contributed by atoms with Gasteiger partial charge in [-0.1, -0.05) is 33.6 Å². The van der Waals surface area contributed by atoms with Crippen LogP contribution in [0.2, 0.25) is 5.02 Å². The Hall–Kier alpha value is -3.76. The van der Waals surface area contributed by atoms with Crippen LogP contribution in [0.25, 0.3) is 0 Å². The molecule has 35 heavy (non-hydrogen) atoms. The molecule has 2 aliphatic heterocycles. The Morgan fingerprint density at radius 1 is 0.971 bits per heavy atom. The summed E-state index contributed by atoms with van der Waals surface area (Å²) in [7, 11) is 1.47. The number of fused-ring (bicyclic) bond motifs is 1. The number of β-lactam (4-membered cyclic amide) rings is 1. The fourth-order valence-corrected chi connectivity index (χ4v) is 5.06. The zero-order valence-corrected chi connectivity index (χ0v) is 20.3. The first kappa shape index (κ1) is 23.0. The van der Waals surface area contributed by atoms with Gasteiger partial charge in [0.05, 0.1) is 23.6 Å². The van der Waals surface area contributed by atoms with E-state index in [4.69, 9.17) is 16.3 Å². The standard InChI is InChI=1S/C24H15BrClN3O6/c1-35-18-10-5-12(25)11-16(18)20-21(24(32)27(20)14-8-6-13(26)7-9-14)28-22(30)15-3-2-4-17(29(33)34)19(15)23(28)31/h2-11,20-21H,1H3/t20-,21-/m0/s1. The van der Waals surface area contributed by atoms with E-state index < -0.39 is 40.4 Å². The number of nitro benzene ring substituents is 1. The molecule has 0 aromatic heterocycles. The van der Waals surface area contributed by atoms with Crippen molar-refractivity contribution in [3.8, 4) is 5.75 Å². The monoisotopic (exact) mass is 555 g/mol. The Morgan fingerprint density at radius 2 is 1.69 bits per heavy atom. The van der Waals surface area contributed by atoms with E-state index >= 15 is 0 Å². The first-order chi connectivity index (χ1) is 16.7. The average Bonchev–Trinajstić information content (AvgIpc) is 3.08. The molecule has 0 aliphatic carbocycles. The normalized spacial score (nSPS) is 19.0. The van der Waals surface area contributed by atoms with Gasteiger partial charge in [-0.15, -0.1) is 0 Å². The molecule has 3 aromatic rings. The summed E-state index contributed by atoms with van der Waals surface area (Å²) >= 11 is 9.44. The van der Waals surface area contributed by atoms with Crippen LogP contribution in [0.15, 0.2) is 65.1 Å². The lowest BCUT2D eigenvalue weighted by Crippen LogP contribution is -2.67. The molecular formula is C24H15BrClN3O6. The maximum absolute atomic E-state index is 13.5. The maximum atomic E-state index is 13.5. The van der Waals surface area contributed by atoms with Crippen molar-refractivity contribution in [2.75, 3.05) is 12.0 Å². The highest BCUT2D eigenvalue weighted by Gasteiger charge is 2.59. The second kappa shape index (κ2) is 8.47. The van der Waals surface area contributed by atoms with Gasteiger partial charge in [-0.3, -0.25) is 29.4 Å². The van der Waals surface area contributed by atoms with Crippen LogP contribution >= 0.6 is 27.5 Å². The summed E-state index contributed by atoms with van der Waals surface area (Å²) < 4.78 is 6.21. The fourth-order valence-electron chi connectivity index (χ4n) is 4.55. The lowest BCUT2D eigenvalue weighted by atomic mass is 9.85. The zero-order chi connectivity index (χ0) is 25.0. The van der Waals surface area contributed by atoms with E-state index in [2.05, 4.69) is 15.9 Å². The number of carbonyl (C=O) groups excluding carboxylic acids is 3. The summed E-state index contributed by atoms with van der Waals surface area (Å²) in [5, 5.41) is 12.0. The lowest BCUT2D eigenvalue weighted by molar-refractivity contribution is -0.385. The number of hydrogen-bond donors (Lipinski definition) is 0. The minimum atomic E-state index is -1.24. The SMILES string of the molecule is COc1ccc(Br)cc1[C@H]1[C@H](N2C(=O)c3cccc([N+](=O)[O-])c3C2=O)C(=O)N1c1ccc(Cl)cc1. The Kier molecular flexibility index (Phi) is 5.57. The molecule has 11 heteroatoms. The molecule has 0 bridgehead atoms. The van der Waals surface area contributed by atoms with Crippen LogP contribution in [0.1, 0.15) is 32.3 Å². The van der Waals surface area contributed by atoms with Gasteiger partial charge in [0, 0.05) is 26.8 Å². The van der Waals surface area contributed by atoms with Crippen LogP contribution in [0.4, 0.5) is 11.4 Å². The summed E-state index contributed by atoms with van der Waals surface area (Å²) in [4.78, 5) is 53.3. The lowest BCUT2D eigenvalue weighted by Gasteiger charge is -2.50. The van der Waals surface area contributed by atoms with Crippen molar-refractivity contribution in [2.45, 2.75) is 12.1 Å². The number of ether oxygens (including phenoxy) is 1. The Morgan fingerprint density at radius 3 is 2.34 bits per heavy atom. The van der Waals surface area contributed by atoms with Crippen molar-refractivity contribution in [2.24, 2.45) is 0 Å². The van der Waals surface area contributed by atoms with Gasteiger partial charge in [0.2, 0.25) is 0 Å². The maximum Gasteiger partial charge on any atom is 0.282 e. The third-order valence-corrected chi connectivity index (χ3v) is 6.83. The summed E-state index contributed by atoms with van der Waals surface area (Å²) in [6, 6.07) is 13.6. The van der Waals surface area contributed by atoms with E-state index in [1.807, 2.05) is 0 Å². The number of rotatable bonds is 5. The van der Waals surface area contributed by atoms with Crippen LogP contribution < -0.4 is 9.64 Å². The molecule has 9 nitrogen and oxygen atoms in total. The molecule has 176 valence electrons. The van der Waals surface area contributed by atoms with E-state index in [-0.39, 0.29) is 11.1 Å². The molecule has 0 N–H and O–H groups in total. The summed E-state index contributed by atoms with van der Waals surface area (Å²) in [6.45, 7) is 0. The Bertz CT molecular complexity index is 1430. The number of benzene rings is 3. The summed E-state index contributed by atoms with van der Waals surface area (Å²) in [5.74, 6) is -1.72. The van der Waals surface area contributed by atoms with Gasteiger partial charge in [-0.25, -0.2) is 0 Å². The van der Waals surface area contributed by atoms with Crippen LogP contribution in [0, 0.1) is 10.1 Å². The van der Waals surface area contributed by atoms with Crippen molar-refractivity contribution in [3.63, 3.8) is 0 Å². The summed E-state index contributed by atoms with van der Waals surface area (Å²) in [5.41, 5.74) is 0.140. The molecule has 1 fully saturated rings. The van der Waals surface area contributed by atoms with Crippen LogP contribution in [-0.4, -0.2) is 40.7 Å². The van der Waals surface area contributed by atoms with Crippen molar-refractivity contribution < 1.29 is 24.0 Å². The van der Waals surface area contributed by atoms with Crippen LogP contribution in [0.3, 0.4) is 0 Å². The van der Waals surface area contributed by atoms with Crippen molar-refractivity contribution in [1.29, 1.82) is 0 Å². The molecule has 0 saturated carbocycles. The Balaban J connectivity index is 1.65. The quantitative estimate of drug-likeness (QED) is 0.194. The molecule has 5 rings (SSSR count). The third-order valence-electron chi connectivity index (χ3n) is 6.08. The number of anilines is 1. The topological polar surface area (TPSA) is 110 Å². The van der Waals surface area contributed by atoms with Gasteiger partial charge < -0.3 is 9.64 Å². The zero-order valence-electron chi connectivity index (χ0n) is 18.0. The number of imide groups is 1. The smallest absolute Gasteiger partial charge is 0.282 e. The molecule has 2 atom stereocenters. The highest BCUT2D eigenvalue weighted by molar-refractivity contribution is 9.10. The number of nitrogens with zero attached hydrogens (tertiary/aromatic N) is 3. The third kappa shape index (κ3) is 3.48. The number of hydrogen-bond acceptors (Lipinski definition) is 6. The minimum absolute atomic E-state index is 0.109. The first-order valence-corrected chi connectivity index (χ1v) is 11.5. The predicted molar refractivity (Wildman–Crippen MR) is 130 cm³/mol. The largest absolute Gasteiger partial charge is 0.496 e. The van der Waals surface area contributed by atoms with Crippen molar-refractivity contribution in [1.82, 2.24) is 4.90 Å². The van der Waals surface area contributed by atoms with Gasteiger partial charge >= 0.3 is 0 Å². The molecule has 0 spiro atoms. The highest BCUT2D eigenvalue weighted by Crippen LogP contribution is 2.48. The second-order valence-corrected chi connectivity index (χ2v) is 9.25. The van der Waals surface area contributed by atoms with Gasteiger partial charge in [0.15, 0.2) is 0 Å². The molecule has 0 unspecified atom stereocenters. The molecule has 2 heterocycles. The number of methoxy groups -OCH3 is 1. The number of amides is 3. The Labute approximate surface area is 212 Å². The van der Waals surface area contributed by atoms with E-state index in [1.165, 1.54) is 24.1 Å². The number of carbonyl (C=O) groups is 3. The van der Waals surface area contributed by atoms with E-state index in [1.54, 1.807) is 42.5 Å². The van der Waals surface area contributed by atoms with Crippen molar-refractivity contribution >= 4 is 56.6 Å². The second-order valence-electron chi connectivity index (χ2n) is 7.90. The van der Waals surface area contributed by atoms with E-state index in [0.29, 0.717) is 26.5 Å². The van der Waals surface area contributed by atoms with Crippen molar-refractivity contribution in [3.05, 3.63) is 97.0 Å². The summed E-state index contributed by atoms with van der Waals surface area (Å²) in [6.07, 6.45) is 0. The average molecular weight is 557 g/mol. The van der Waals surface area contributed by atoms with E-state index in [0.717, 1.165) is 11.0 Å². The molecule has 1 saturated heterocycles. The predicted octanol–water partition coefficient (Wildman–Crippen LogP) is 4.77. The molecule has 3 aromatic carbocycles.